The molecule has 132 valence electrons. The van der Waals surface area contributed by atoms with Crippen LogP contribution < -0.4 is 0 Å². The molecular formula is C21H22N4O. The Labute approximate surface area is 152 Å². The third-order valence-electron chi connectivity index (χ3n) is 4.70. The SMILES string of the molecule is Cc1[nH]c(-c2ccccc2)nc1CO.c1ccc2c(c1)nc1n2CCC1. The van der Waals surface area contributed by atoms with Crippen molar-refractivity contribution in [3.63, 3.8) is 0 Å². The summed E-state index contributed by atoms with van der Waals surface area (Å²) in [6.07, 6.45) is 2.40. The van der Waals surface area contributed by atoms with E-state index in [1.54, 1.807) is 0 Å². The van der Waals surface area contributed by atoms with Crippen LogP contribution >= 0.6 is 0 Å². The molecule has 0 radical (unpaired) electrons. The summed E-state index contributed by atoms with van der Waals surface area (Å²) in [5.41, 5.74) is 5.11. The van der Waals surface area contributed by atoms with Gasteiger partial charge in [-0.25, -0.2) is 9.97 Å². The number of hydrogen-bond donors (Lipinski definition) is 2. The Kier molecular flexibility index (Phi) is 4.54. The molecule has 2 aromatic heterocycles. The van der Waals surface area contributed by atoms with Crippen LogP contribution in [0.1, 0.15) is 23.6 Å². The number of imidazole rings is 2. The highest BCUT2D eigenvalue weighted by molar-refractivity contribution is 5.76. The predicted octanol–water partition coefficient (Wildman–Crippen LogP) is 3.86. The molecule has 0 saturated carbocycles. The van der Waals surface area contributed by atoms with E-state index in [0.717, 1.165) is 35.6 Å². The summed E-state index contributed by atoms with van der Waals surface area (Å²) in [6.45, 7) is 3.04. The quantitative estimate of drug-likeness (QED) is 0.579. The van der Waals surface area contributed by atoms with Crippen LogP contribution in [0.4, 0.5) is 0 Å². The molecule has 0 spiro atoms. The summed E-state index contributed by atoms with van der Waals surface area (Å²) in [6, 6.07) is 18.2. The smallest absolute Gasteiger partial charge is 0.137 e. The van der Waals surface area contributed by atoms with Crippen LogP contribution in [0.2, 0.25) is 0 Å². The zero-order chi connectivity index (χ0) is 17.9. The second kappa shape index (κ2) is 7.14. The van der Waals surface area contributed by atoms with Gasteiger partial charge in [-0.15, -0.1) is 0 Å². The maximum absolute atomic E-state index is 9.00. The summed E-state index contributed by atoms with van der Waals surface area (Å²) in [5, 5.41) is 9.00. The van der Waals surface area contributed by atoms with Crippen LogP contribution in [0.5, 0.6) is 0 Å². The first-order chi connectivity index (χ1) is 12.8. The van der Waals surface area contributed by atoms with E-state index in [-0.39, 0.29) is 6.61 Å². The number of aryl methyl sites for hydroxylation is 3. The number of para-hydroxylation sites is 2. The molecule has 0 fully saturated rings. The van der Waals surface area contributed by atoms with Crippen LogP contribution in [-0.4, -0.2) is 24.6 Å². The molecule has 0 amide bonds. The molecule has 5 nitrogen and oxygen atoms in total. The number of aromatic nitrogens is 4. The molecule has 1 aliphatic heterocycles. The number of benzene rings is 2. The van der Waals surface area contributed by atoms with E-state index in [0.29, 0.717) is 5.69 Å². The van der Waals surface area contributed by atoms with Gasteiger partial charge < -0.3 is 14.7 Å². The lowest BCUT2D eigenvalue weighted by atomic mass is 10.2. The van der Waals surface area contributed by atoms with Crippen molar-refractivity contribution in [3.05, 3.63) is 71.8 Å². The molecule has 3 heterocycles. The summed E-state index contributed by atoms with van der Waals surface area (Å²) in [7, 11) is 0. The molecule has 4 aromatic rings. The molecule has 0 aliphatic carbocycles. The summed E-state index contributed by atoms with van der Waals surface area (Å²) < 4.78 is 2.33. The normalized spacial score (nSPS) is 12.7. The Bertz CT molecular complexity index is 1020. The maximum atomic E-state index is 9.00. The van der Waals surface area contributed by atoms with Crippen molar-refractivity contribution in [1.29, 1.82) is 0 Å². The van der Waals surface area contributed by atoms with Gasteiger partial charge in [-0.05, 0) is 25.5 Å². The summed E-state index contributed by atoms with van der Waals surface area (Å²) in [4.78, 5) is 12.0. The number of hydrogen-bond acceptors (Lipinski definition) is 3. The lowest BCUT2D eigenvalue weighted by molar-refractivity contribution is 0.276. The molecule has 26 heavy (non-hydrogen) atoms. The minimum Gasteiger partial charge on any atom is -0.390 e. The van der Waals surface area contributed by atoms with E-state index in [9.17, 15) is 0 Å². The van der Waals surface area contributed by atoms with Crippen LogP contribution in [0.25, 0.3) is 22.4 Å². The Morgan fingerprint density at radius 3 is 2.58 bits per heavy atom. The largest absolute Gasteiger partial charge is 0.390 e. The number of aliphatic hydroxyl groups excluding tert-OH is 1. The van der Waals surface area contributed by atoms with Crippen molar-refractivity contribution in [2.45, 2.75) is 32.9 Å². The fourth-order valence-electron chi connectivity index (χ4n) is 3.34. The van der Waals surface area contributed by atoms with Gasteiger partial charge in [0.25, 0.3) is 0 Å². The molecule has 0 atom stereocenters. The number of aliphatic hydroxyl groups is 1. The number of fused-ring (bicyclic) bond motifs is 3. The molecule has 1 aliphatic rings. The standard InChI is InChI=1S/C11H12N2O.C10H10N2/c1-8-10(7-14)13-11(12-8)9-5-3-2-4-6-9;1-2-5-9-8(4-1)11-10-6-3-7-12(9)10/h2-6,14H,7H2,1H3,(H,12,13);1-2,4-5H,3,6-7H2. The second-order valence-corrected chi connectivity index (χ2v) is 6.45. The van der Waals surface area contributed by atoms with E-state index in [2.05, 4.69) is 37.7 Å². The van der Waals surface area contributed by atoms with Crippen molar-refractivity contribution in [2.24, 2.45) is 0 Å². The maximum Gasteiger partial charge on any atom is 0.137 e. The van der Waals surface area contributed by atoms with E-state index >= 15 is 0 Å². The monoisotopic (exact) mass is 346 g/mol. The van der Waals surface area contributed by atoms with Crippen molar-refractivity contribution >= 4 is 11.0 Å². The fraction of sp³-hybridized carbons (Fsp3) is 0.238. The van der Waals surface area contributed by atoms with Gasteiger partial charge in [0.2, 0.25) is 0 Å². The number of rotatable bonds is 2. The Morgan fingerprint density at radius 1 is 1.04 bits per heavy atom. The average molecular weight is 346 g/mol. The van der Waals surface area contributed by atoms with E-state index in [1.807, 2.05) is 43.3 Å². The Hall–Kier alpha value is -2.92. The number of nitrogens with zero attached hydrogens (tertiary/aromatic N) is 3. The zero-order valence-electron chi connectivity index (χ0n) is 14.8. The highest BCUT2D eigenvalue weighted by atomic mass is 16.3. The van der Waals surface area contributed by atoms with E-state index in [1.165, 1.54) is 17.8 Å². The molecule has 0 saturated heterocycles. The lowest BCUT2D eigenvalue weighted by Crippen LogP contribution is -1.90. The summed E-state index contributed by atoms with van der Waals surface area (Å²) in [5.74, 6) is 2.07. The van der Waals surface area contributed by atoms with Gasteiger partial charge in [0.05, 0.1) is 23.3 Å². The zero-order valence-corrected chi connectivity index (χ0v) is 14.8. The molecule has 0 unspecified atom stereocenters. The molecule has 2 N–H and O–H groups in total. The minimum atomic E-state index is -0.0187. The first-order valence-corrected chi connectivity index (χ1v) is 8.92. The third kappa shape index (κ3) is 3.13. The van der Waals surface area contributed by atoms with Crippen LogP contribution in [0.3, 0.4) is 0 Å². The topological polar surface area (TPSA) is 66.7 Å². The van der Waals surface area contributed by atoms with Crippen molar-refractivity contribution in [3.8, 4) is 11.4 Å². The van der Waals surface area contributed by atoms with Gasteiger partial charge in [-0.2, -0.15) is 0 Å². The fourth-order valence-corrected chi connectivity index (χ4v) is 3.34. The molecular weight excluding hydrogens is 324 g/mol. The highest BCUT2D eigenvalue weighted by Crippen LogP contribution is 2.21. The van der Waals surface area contributed by atoms with Crippen LogP contribution in [0.15, 0.2) is 54.6 Å². The first kappa shape index (κ1) is 16.5. The number of aromatic amines is 1. The predicted molar refractivity (Wildman–Crippen MR) is 103 cm³/mol. The molecule has 2 aromatic carbocycles. The van der Waals surface area contributed by atoms with Gasteiger partial charge in [0, 0.05) is 24.2 Å². The Balaban J connectivity index is 0.000000130. The third-order valence-corrected chi connectivity index (χ3v) is 4.70. The van der Waals surface area contributed by atoms with Crippen molar-refractivity contribution in [2.75, 3.05) is 0 Å². The van der Waals surface area contributed by atoms with E-state index in [4.69, 9.17) is 5.11 Å². The lowest BCUT2D eigenvalue weighted by Gasteiger charge is -1.95. The number of H-pyrrole nitrogens is 1. The Morgan fingerprint density at radius 2 is 1.81 bits per heavy atom. The van der Waals surface area contributed by atoms with Gasteiger partial charge in [-0.1, -0.05) is 42.5 Å². The van der Waals surface area contributed by atoms with Gasteiger partial charge in [0.1, 0.15) is 11.6 Å². The first-order valence-electron chi connectivity index (χ1n) is 8.92. The minimum absolute atomic E-state index is 0.0187. The summed E-state index contributed by atoms with van der Waals surface area (Å²) >= 11 is 0. The van der Waals surface area contributed by atoms with Gasteiger partial charge >= 0.3 is 0 Å². The molecule has 5 rings (SSSR count). The van der Waals surface area contributed by atoms with Crippen LogP contribution in [0, 0.1) is 6.92 Å². The average Bonchev–Trinajstić information content (AvgIpc) is 3.37. The van der Waals surface area contributed by atoms with Crippen molar-refractivity contribution < 1.29 is 5.11 Å². The second-order valence-electron chi connectivity index (χ2n) is 6.45. The highest BCUT2D eigenvalue weighted by Gasteiger charge is 2.14. The van der Waals surface area contributed by atoms with Gasteiger partial charge in [0.15, 0.2) is 0 Å². The van der Waals surface area contributed by atoms with Gasteiger partial charge in [-0.3, -0.25) is 0 Å². The van der Waals surface area contributed by atoms with Crippen molar-refractivity contribution in [1.82, 2.24) is 19.5 Å². The van der Waals surface area contributed by atoms with Crippen LogP contribution in [-0.2, 0) is 19.6 Å². The number of nitrogens with one attached hydrogen (secondary N) is 1. The molecule has 0 bridgehead atoms. The molecule has 5 heteroatoms. The van der Waals surface area contributed by atoms with E-state index < -0.39 is 0 Å².